The van der Waals surface area contributed by atoms with Gasteiger partial charge in [-0.3, -0.25) is 9.88 Å². The van der Waals surface area contributed by atoms with E-state index in [-0.39, 0.29) is 24.8 Å². The van der Waals surface area contributed by atoms with Crippen molar-refractivity contribution in [2.24, 2.45) is 5.92 Å². The number of benzene rings is 1. The SMILES string of the molecule is Cl.Cl.c1ccc2nc([C@@H](C3CCCC3)N3CCNCC3)ccc2c1. The van der Waals surface area contributed by atoms with Crippen LogP contribution in [0.3, 0.4) is 0 Å². The molecule has 2 aromatic rings. The van der Waals surface area contributed by atoms with Gasteiger partial charge in [0.15, 0.2) is 0 Å². The van der Waals surface area contributed by atoms with Crippen molar-refractivity contribution in [1.82, 2.24) is 15.2 Å². The van der Waals surface area contributed by atoms with Gasteiger partial charge in [0.1, 0.15) is 0 Å². The standard InChI is InChI=1S/C19H25N3.2ClH/c1-2-7-16(6-1)19(22-13-11-20-12-14-22)18-10-9-15-5-3-4-8-17(15)21-18;;/h3-5,8-10,16,19-20H,1-2,6-7,11-14H2;2*1H/t19-;;/m1../s1. The summed E-state index contributed by atoms with van der Waals surface area (Å²) >= 11 is 0. The molecule has 1 saturated heterocycles. The molecule has 2 heterocycles. The molecule has 3 nitrogen and oxygen atoms in total. The highest BCUT2D eigenvalue weighted by Gasteiger charge is 2.32. The van der Waals surface area contributed by atoms with Gasteiger partial charge in [-0.25, -0.2) is 0 Å². The van der Waals surface area contributed by atoms with Crippen LogP contribution in [0.1, 0.15) is 37.4 Å². The van der Waals surface area contributed by atoms with Gasteiger partial charge >= 0.3 is 0 Å². The quantitative estimate of drug-likeness (QED) is 0.880. The second-order valence-corrected chi connectivity index (χ2v) is 6.70. The predicted molar refractivity (Wildman–Crippen MR) is 105 cm³/mol. The van der Waals surface area contributed by atoms with E-state index in [1.807, 2.05) is 0 Å². The molecular formula is C19H27Cl2N3. The van der Waals surface area contributed by atoms with E-state index in [4.69, 9.17) is 4.98 Å². The minimum absolute atomic E-state index is 0. The van der Waals surface area contributed by atoms with Crippen molar-refractivity contribution in [2.45, 2.75) is 31.7 Å². The number of nitrogens with zero attached hydrogens (tertiary/aromatic N) is 2. The fourth-order valence-corrected chi connectivity index (χ4v) is 4.21. The van der Waals surface area contributed by atoms with Gasteiger partial charge in [0.25, 0.3) is 0 Å². The summed E-state index contributed by atoms with van der Waals surface area (Å²) in [4.78, 5) is 7.70. The third-order valence-corrected chi connectivity index (χ3v) is 5.31. The molecule has 1 aliphatic carbocycles. The van der Waals surface area contributed by atoms with Gasteiger partial charge in [-0.2, -0.15) is 0 Å². The van der Waals surface area contributed by atoms with Crippen LogP contribution in [-0.2, 0) is 0 Å². The Morgan fingerprint density at radius 2 is 1.67 bits per heavy atom. The second-order valence-electron chi connectivity index (χ2n) is 6.70. The van der Waals surface area contributed by atoms with Crippen LogP contribution in [-0.4, -0.2) is 36.1 Å². The summed E-state index contributed by atoms with van der Waals surface area (Å²) in [5.74, 6) is 0.784. The van der Waals surface area contributed by atoms with Crippen LogP contribution in [0.5, 0.6) is 0 Å². The number of rotatable bonds is 3. The summed E-state index contributed by atoms with van der Waals surface area (Å²) in [5.41, 5.74) is 2.42. The summed E-state index contributed by atoms with van der Waals surface area (Å²) < 4.78 is 0. The normalized spacial score (nSPS) is 20.3. The van der Waals surface area contributed by atoms with E-state index in [1.54, 1.807) is 0 Å². The van der Waals surface area contributed by atoms with Crippen LogP contribution in [0.15, 0.2) is 36.4 Å². The van der Waals surface area contributed by atoms with Gasteiger partial charge in [0.2, 0.25) is 0 Å². The van der Waals surface area contributed by atoms with Crippen molar-refractivity contribution >= 4 is 35.7 Å². The largest absolute Gasteiger partial charge is 0.314 e. The Bertz CT molecular complexity index is 637. The number of hydrogen-bond acceptors (Lipinski definition) is 3. The molecule has 1 aromatic heterocycles. The molecule has 132 valence electrons. The van der Waals surface area contributed by atoms with Crippen molar-refractivity contribution in [3.63, 3.8) is 0 Å². The lowest BCUT2D eigenvalue weighted by atomic mass is 9.92. The first-order valence-electron chi connectivity index (χ1n) is 8.72. The van der Waals surface area contributed by atoms with Crippen molar-refractivity contribution < 1.29 is 0 Å². The Morgan fingerprint density at radius 3 is 2.42 bits per heavy atom. The Hall–Kier alpha value is -0.870. The maximum Gasteiger partial charge on any atom is 0.0706 e. The van der Waals surface area contributed by atoms with E-state index in [2.05, 4.69) is 46.6 Å². The highest BCUT2D eigenvalue weighted by molar-refractivity contribution is 5.85. The first kappa shape index (κ1) is 19.5. The maximum atomic E-state index is 5.03. The summed E-state index contributed by atoms with van der Waals surface area (Å²) in [6, 6.07) is 13.5. The molecular weight excluding hydrogens is 341 g/mol. The summed E-state index contributed by atoms with van der Waals surface area (Å²) in [5, 5.41) is 4.73. The van der Waals surface area contributed by atoms with Gasteiger partial charge in [-0.05, 0) is 30.9 Å². The third-order valence-electron chi connectivity index (χ3n) is 5.31. The molecule has 0 unspecified atom stereocenters. The summed E-state index contributed by atoms with van der Waals surface area (Å²) in [6.45, 7) is 4.51. The van der Waals surface area contributed by atoms with E-state index in [9.17, 15) is 0 Å². The lowest BCUT2D eigenvalue weighted by molar-refractivity contribution is 0.122. The third kappa shape index (κ3) is 4.02. The van der Waals surface area contributed by atoms with Crippen LogP contribution in [0.2, 0.25) is 0 Å². The molecule has 1 atom stereocenters. The topological polar surface area (TPSA) is 28.2 Å². The Balaban J connectivity index is 0.00000104. The number of para-hydroxylation sites is 1. The van der Waals surface area contributed by atoms with E-state index in [1.165, 1.54) is 36.8 Å². The number of nitrogens with one attached hydrogen (secondary N) is 1. The molecule has 1 N–H and O–H groups in total. The number of pyridine rings is 1. The van der Waals surface area contributed by atoms with Crippen LogP contribution in [0.4, 0.5) is 0 Å². The highest BCUT2D eigenvalue weighted by Crippen LogP contribution is 2.39. The molecule has 1 aliphatic heterocycles. The second kappa shape index (κ2) is 9.00. The molecule has 1 aromatic carbocycles. The van der Waals surface area contributed by atoms with E-state index in [0.29, 0.717) is 6.04 Å². The van der Waals surface area contributed by atoms with Crippen molar-refractivity contribution in [3.05, 3.63) is 42.1 Å². The molecule has 24 heavy (non-hydrogen) atoms. The molecule has 1 saturated carbocycles. The van der Waals surface area contributed by atoms with Gasteiger partial charge < -0.3 is 5.32 Å². The van der Waals surface area contributed by atoms with Crippen LogP contribution in [0, 0.1) is 5.92 Å². The molecule has 0 amide bonds. The van der Waals surface area contributed by atoms with Crippen LogP contribution < -0.4 is 5.32 Å². The Kier molecular flexibility index (Phi) is 7.30. The van der Waals surface area contributed by atoms with E-state index in [0.717, 1.165) is 37.6 Å². The van der Waals surface area contributed by atoms with E-state index >= 15 is 0 Å². The Labute approximate surface area is 157 Å². The Morgan fingerprint density at radius 1 is 0.958 bits per heavy atom. The minimum atomic E-state index is 0. The lowest BCUT2D eigenvalue weighted by Crippen LogP contribution is -2.46. The molecule has 0 radical (unpaired) electrons. The maximum absolute atomic E-state index is 5.03. The number of halogens is 2. The van der Waals surface area contributed by atoms with E-state index < -0.39 is 0 Å². The first-order valence-corrected chi connectivity index (χ1v) is 8.72. The lowest BCUT2D eigenvalue weighted by Gasteiger charge is -2.38. The predicted octanol–water partition coefficient (Wildman–Crippen LogP) is 4.21. The fraction of sp³-hybridized carbons (Fsp3) is 0.526. The first-order chi connectivity index (χ1) is 10.9. The molecule has 0 spiro atoms. The molecule has 4 rings (SSSR count). The molecule has 2 aliphatic rings. The average molecular weight is 368 g/mol. The van der Waals surface area contributed by atoms with Gasteiger partial charge in [0.05, 0.1) is 17.3 Å². The fourth-order valence-electron chi connectivity index (χ4n) is 4.21. The zero-order valence-electron chi connectivity index (χ0n) is 14.0. The zero-order valence-corrected chi connectivity index (χ0v) is 15.6. The average Bonchev–Trinajstić information content (AvgIpc) is 3.10. The van der Waals surface area contributed by atoms with Gasteiger partial charge in [-0.15, -0.1) is 24.8 Å². The minimum Gasteiger partial charge on any atom is -0.314 e. The monoisotopic (exact) mass is 367 g/mol. The number of hydrogen-bond donors (Lipinski definition) is 1. The highest BCUT2D eigenvalue weighted by atomic mass is 35.5. The van der Waals surface area contributed by atoms with Crippen molar-refractivity contribution in [3.8, 4) is 0 Å². The smallest absolute Gasteiger partial charge is 0.0706 e. The van der Waals surface area contributed by atoms with Crippen LogP contribution in [0.25, 0.3) is 10.9 Å². The number of aromatic nitrogens is 1. The summed E-state index contributed by atoms with van der Waals surface area (Å²) in [7, 11) is 0. The number of fused-ring (bicyclic) bond motifs is 1. The summed E-state index contributed by atoms with van der Waals surface area (Å²) in [6.07, 6.45) is 5.51. The molecule has 0 bridgehead atoms. The van der Waals surface area contributed by atoms with Crippen molar-refractivity contribution in [1.29, 1.82) is 0 Å². The van der Waals surface area contributed by atoms with Crippen LogP contribution >= 0.6 is 24.8 Å². The zero-order chi connectivity index (χ0) is 14.8. The molecule has 2 fully saturated rings. The van der Waals surface area contributed by atoms with Gasteiger partial charge in [0, 0.05) is 31.6 Å². The van der Waals surface area contributed by atoms with Crippen molar-refractivity contribution in [2.75, 3.05) is 26.2 Å². The number of piperazine rings is 1. The van der Waals surface area contributed by atoms with Gasteiger partial charge in [-0.1, -0.05) is 37.1 Å². The molecule has 5 heteroatoms.